The summed E-state index contributed by atoms with van der Waals surface area (Å²) in [7, 11) is 1.48. The van der Waals surface area contributed by atoms with Crippen LogP contribution in [0.2, 0.25) is 0 Å². The summed E-state index contributed by atoms with van der Waals surface area (Å²) < 4.78 is 29.9. The zero-order chi connectivity index (χ0) is 10.0. The fourth-order valence-corrected chi connectivity index (χ4v) is 1.29. The molecule has 1 aromatic carbocycles. The molecule has 0 saturated heterocycles. The average molecular weight is 186 g/mol. The van der Waals surface area contributed by atoms with E-state index in [1.165, 1.54) is 13.2 Å². The van der Waals surface area contributed by atoms with Gasteiger partial charge in [-0.05, 0) is 37.1 Å². The van der Waals surface area contributed by atoms with Crippen molar-refractivity contribution in [1.82, 2.24) is 0 Å². The van der Waals surface area contributed by atoms with Crippen molar-refractivity contribution in [3.8, 4) is 5.75 Å². The van der Waals surface area contributed by atoms with E-state index in [1.807, 2.05) is 0 Å². The molecule has 0 radical (unpaired) electrons. The number of aryl methyl sites for hydroxylation is 1. The molecule has 72 valence electrons. The smallest absolute Gasteiger partial charge is 0.264 e. The lowest BCUT2D eigenvalue weighted by atomic mass is 10.0. The van der Waals surface area contributed by atoms with Gasteiger partial charge in [0.05, 0.1) is 7.11 Å². The molecule has 0 saturated carbocycles. The van der Waals surface area contributed by atoms with E-state index in [4.69, 9.17) is 4.74 Å². The summed E-state index contributed by atoms with van der Waals surface area (Å²) in [5.41, 5.74) is 1.36. The summed E-state index contributed by atoms with van der Waals surface area (Å²) in [6.45, 7) is 3.41. The van der Waals surface area contributed by atoms with Gasteiger partial charge in [0.2, 0.25) is 0 Å². The molecular formula is C10H12F2O. The van der Waals surface area contributed by atoms with Crippen molar-refractivity contribution in [3.05, 3.63) is 28.8 Å². The Hall–Kier alpha value is -1.12. The minimum atomic E-state index is -2.44. The van der Waals surface area contributed by atoms with Crippen LogP contribution in [0.5, 0.6) is 5.75 Å². The third-order valence-corrected chi connectivity index (χ3v) is 2.00. The second-order valence-corrected chi connectivity index (χ2v) is 2.98. The van der Waals surface area contributed by atoms with Crippen molar-refractivity contribution >= 4 is 0 Å². The van der Waals surface area contributed by atoms with Crippen molar-refractivity contribution in [2.75, 3.05) is 7.11 Å². The van der Waals surface area contributed by atoms with Crippen LogP contribution in [0.25, 0.3) is 0 Å². The van der Waals surface area contributed by atoms with E-state index in [2.05, 4.69) is 0 Å². The van der Waals surface area contributed by atoms with E-state index < -0.39 is 6.43 Å². The van der Waals surface area contributed by atoms with Crippen molar-refractivity contribution in [2.24, 2.45) is 0 Å². The second-order valence-electron chi connectivity index (χ2n) is 2.98. The van der Waals surface area contributed by atoms with Crippen LogP contribution in [-0.2, 0) is 0 Å². The molecule has 0 aliphatic carbocycles. The van der Waals surface area contributed by atoms with Crippen molar-refractivity contribution in [2.45, 2.75) is 20.3 Å². The van der Waals surface area contributed by atoms with E-state index in [9.17, 15) is 8.78 Å². The van der Waals surface area contributed by atoms with Gasteiger partial charge in [0.25, 0.3) is 6.43 Å². The van der Waals surface area contributed by atoms with Crippen LogP contribution >= 0.6 is 0 Å². The number of benzene rings is 1. The normalized spacial score (nSPS) is 10.6. The maximum atomic E-state index is 12.5. The van der Waals surface area contributed by atoms with Crippen LogP contribution in [0.3, 0.4) is 0 Å². The molecule has 0 fully saturated rings. The highest BCUT2D eigenvalue weighted by Gasteiger charge is 2.14. The maximum Gasteiger partial charge on any atom is 0.264 e. The third-order valence-electron chi connectivity index (χ3n) is 2.00. The van der Waals surface area contributed by atoms with Gasteiger partial charge in [0, 0.05) is 5.56 Å². The maximum absolute atomic E-state index is 12.5. The number of alkyl halides is 2. The summed E-state index contributed by atoms with van der Waals surface area (Å²) in [4.78, 5) is 0. The first-order valence-corrected chi connectivity index (χ1v) is 3.99. The standard InChI is InChI=1S/C10H12F2O/c1-6-4-8(10(11)12)7(2)9(5-6)13-3/h4-5,10H,1-3H3. The molecule has 1 aromatic rings. The Morgan fingerprint density at radius 1 is 1.23 bits per heavy atom. The highest BCUT2D eigenvalue weighted by molar-refractivity contribution is 5.43. The van der Waals surface area contributed by atoms with E-state index >= 15 is 0 Å². The van der Waals surface area contributed by atoms with E-state index in [-0.39, 0.29) is 5.56 Å². The highest BCUT2D eigenvalue weighted by Crippen LogP contribution is 2.30. The molecule has 0 aromatic heterocycles. The molecule has 0 spiro atoms. The Morgan fingerprint density at radius 3 is 2.31 bits per heavy atom. The number of ether oxygens (including phenoxy) is 1. The monoisotopic (exact) mass is 186 g/mol. The molecule has 0 N–H and O–H groups in total. The van der Waals surface area contributed by atoms with E-state index in [0.29, 0.717) is 11.3 Å². The minimum absolute atomic E-state index is 0.0526. The molecule has 0 bridgehead atoms. The molecule has 1 nitrogen and oxygen atoms in total. The third kappa shape index (κ3) is 1.97. The summed E-state index contributed by atoms with van der Waals surface area (Å²) in [5.74, 6) is 0.523. The van der Waals surface area contributed by atoms with Gasteiger partial charge in [0.15, 0.2) is 0 Å². The van der Waals surface area contributed by atoms with Gasteiger partial charge < -0.3 is 4.74 Å². The average Bonchev–Trinajstić information content (AvgIpc) is 2.08. The van der Waals surface area contributed by atoms with Crippen LogP contribution in [0, 0.1) is 13.8 Å². The van der Waals surface area contributed by atoms with Gasteiger partial charge in [-0.3, -0.25) is 0 Å². The molecular weight excluding hydrogens is 174 g/mol. The predicted octanol–water partition coefficient (Wildman–Crippen LogP) is 3.25. The molecule has 0 aliphatic heterocycles. The molecule has 0 heterocycles. The van der Waals surface area contributed by atoms with Gasteiger partial charge in [-0.1, -0.05) is 0 Å². The lowest BCUT2D eigenvalue weighted by Gasteiger charge is -2.10. The van der Waals surface area contributed by atoms with Crippen molar-refractivity contribution in [1.29, 1.82) is 0 Å². The first kappa shape index (κ1) is 9.96. The Labute approximate surface area is 76.3 Å². The van der Waals surface area contributed by atoms with Crippen molar-refractivity contribution in [3.63, 3.8) is 0 Å². The predicted molar refractivity (Wildman–Crippen MR) is 47.4 cm³/mol. The minimum Gasteiger partial charge on any atom is -0.496 e. The van der Waals surface area contributed by atoms with Crippen LogP contribution in [0.1, 0.15) is 23.1 Å². The Kier molecular flexibility index (Phi) is 2.86. The largest absolute Gasteiger partial charge is 0.496 e. The summed E-state index contributed by atoms with van der Waals surface area (Å²) in [5, 5.41) is 0. The number of hydrogen-bond acceptors (Lipinski definition) is 1. The Bertz CT molecular complexity index is 308. The molecule has 0 unspecified atom stereocenters. The number of methoxy groups -OCH3 is 1. The fourth-order valence-electron chi connectivity index (χ4n) is 1.29. The molecule has 3 heteroatoms. The number of rotatable bonds is 2. The lowest BCUT2D eigenvalue weighted by molar-refractivity contribution is 0.150. The first-order chi connectivity index (χ1) is 6.06. The summed E-state index contributed by atoms with van der Waals surface area (Å²) in [6.07, 6.45) is -2.44. The fraction of sp³-hybridized carbons (Fsp3) is 0.400. The van der Waals surface area contributed by atoms with Gasteiger partial charge in [-0.2, -0.15) is 0 Å². The van der Waals surface area contributed by atoms with Crippen LogP contribution in [0.15, 0.2) is 12.1 Å². The quantitative estimate of drug-likeness (QED) is 0.688. The van der Waals surface area contributed by atoms with Crippen LogP contribution < -0.4 is 4.74 Å². The van der Waals surface area contributed by atoms with Gasteiger partial charge in [-0.15, -0.1) is 0 Å². The zero-order valence-electron chi connectivity index (χ0n) is 7.90. The van der Waals surface area contributed by atoms with Gasteiger partial charge in [-0.25, -0.2) is 8.78 Å². The van der Waals surface area contributed by atoms with E-state index in [0.717, 1.165) is 5.56 Å². The molecule has 0 aliphatic rings. The molecule has 13 heavy (non-hydrogen) atoms. The van der Waals surface area contributed by atoms with Crippen molar-refractivity contribution < 1.29 is 13.5 Å². The number of halogens is 2. The Morgan fingerprint density at radius 2 is 1.85 bits per heavy atom. The first-order valence-electron chi connectivity index (χ1n) is 3.99. The van der Waals surface area contributed by atoms with Crippen LogP contribution in [0.4, 0.5) is 8.78 Å². The summed E-state index contributed by atoms with van der Waals surface area (Å²) in [6, 6.07) is 3.24. The summed E-state index contributed by atoms with van der Waals surface area (Å²) >= 11 is 0. The van der Waals surface area contributed by atoms with E-state index in [1.54, 1.807) is 19.9 Å². The SMILES string of the molecule is COc1cc(C)cc(C(F)F)c1C. The Balaban J connectivity index is 3.27. The van der Waals surface area contributed by atoms with Gasteiger partial charge >= 0.3 is 0 Å². The van der Waals surface area contributed by atoms with Gasteiger partial charge in [0.1, 0.15) is 5.75 Å². The second kappa shape index (κ2) is 3.73. The highest BCUT2D eigenvalue weighted by atomic mass is 19.3. The topological polar surface area (TPSA) is 9.23 Å². The molecule has 0 amide bonds. The van der Waals surface area contributed by atoms with Crippen LogP contribution in [-0.4, -0.2) is 7.11 Å². The number of hydrogen-bond donors (Lipinski definition) is 0. The molecule has 1 rings (SSSR count). The zero-order valence-corrected chi connectivity index (χ0v) is 7.90. The lowest BCUT2D eigenvalue weighted by Crippen LogP contribution is -1.95. The molecule has 0 atom stereocenters.